The van der Waals surface area contributed by atoms with Crippen LogP contribution in [0.15, 0.2) is 48.5 Å². The first-order valence-corrected chi connectivity index (χ1v) is 6.45. The fourth-order valence-corrected chi connectivity index (χ4v) is 2.18. The van der Waals surface area contributed by atoms with Gasteiger partial charge in [-0.15, -0.1) is 0 Å². The monoisotopic (exact) mass is 285 g/mol. The van der Waals surface area contributed by atoms with E-state index < -0.39 is 5.97 Å². The fourth-order valence-electron chi connectivity index (χ4n) is 1.98. The van der Waals surface area contributed by atoms with Gasteiger partial charge in [0, 0.05) is 5.02 Å². The van der Waals surface area contributed by atoms with E-state index in [1.807, 2.05) is 12.1 Å². The van der Waals surface area contributed by atoms with Crippen LogP contribution in [-0.2, 0) is 6.42 Å². The highest BCUT2D eigenvalue weighted by Gasteiger charge is 2.12. The normalized spacial score (nSPS) is 11.6. The summed E-state index contributed by atoms with van der Waals surface area (Å²) in [7, 11) is 0. The van der Waals surface area contributed by atoms with Crippen molar-refractivity contribution in [3.05, 3.63) is 70.2 Å². The number of halogens is 1. The minimum Gasteiger partial charge on any atom is -0.478 e. The number of rotatable bonds is 4. The van der Waals surface area contributed by atoms with Crippen LogP contribution in [0.3, 0.4) is 0 Å². The number of carbonyl (C=O) groups is 1. The number of nitriles is 1. The maximum Gasteiger partial charge on any atom is 0.335 e. The van der Waals surface area contributed by atoms with Gasteiger partial charge in [-0.2, -0.15) is 5.26 Å². The molecule has 0 saturated carbocycles. The lowest BCUT2D eigenvalue weighted by Crippen LogP contribution is -2.01. The molecular formula is C16H12ClNO2. The molecule has 0 bridgehead atoms. The molecule has 0 spiro atoms. The van der Waals surface area contributed by atoms with Crippen molar-refractivity contribution in [3.63, 3.8) is 0 Å². The van der Waals surface area contributed by atoms with Crippen molar-refractivity contribution in [2.45, 2.75) is 12.3 Å². The zero-order valence-electron chi connectivity index (χ0n) is 10.6. The Labute approximate surface area is 122 Å². The van der Waals surface area contributed by atoms with Crippen LogP contribution in [0.2, 0.25) is 5.02 Å². The zero-order valence-corrected chi connectivity index (χ0v) is 11.3. The lowest BCUT2D eigenvalue weighted by atomic mass is 9.93. The summed E-state index contributed by atoms with van der Waals surface area (Å²) in [6, 6.07) is 16.0. The van der Waals surface area contributed by atoms with Crippen LogP contribution in [-0.4, -0.2) is 11.1 Å². The van der Waals surface area contributed by atoms with Gasteiger partial charge in [0.1, 0.15) is 0 Å². The Bertz CT molecular complexity index is 659. The molecule has 0 fully saturated rings. The van der Waals surface area contributed by atoms with Crippen molar-refractivity contribution in [3.8, 4) is 6.07 Å². The third kappa shape index (κ3) is 3.37. The zero-order chi connectivity index (χ0) is 14.5. The van der Waals surface area contributed by atoms with Crippen LogP contribution in [0.4, 0.5) is 0 Å². The summed E-state index contributed by atoms with van der Waals surface area (Å²) >= 11 is 5.93. The second kappa shape index (κ2) is 6.23. The van der Waals surface area contributed by atoms with E-state index in [1.165, 1.54) is 0 Å². The topological polar surface area (TPSA) is 61.1 Å². The van der Waals surface area contributed by atoms with Gasteiger partial charge in [-0.3, -0.25) is 0 Å². The number of carboxylic acids is 1. The number of hydrogen-bond donors (Lipinski definition) is 1. The Morgan fingerprint density at radius 1 is 1.25 bits per heavy atom. The van der Waals surface area contributed by atoms with E-state index in [9.17, 15) is 10.1 Å². The Kier molecular flexibility index (Phi) is 4.39. The number of carboxylic acid groups (broad SMARTS) is 1. The number of benzene rings is 2. The summed E-state index contributed by atoms with van der Waals surface area (Å²) in [5.74, 6) is -1.26. The molecule has 4 heteroatoms. The quantitative estimate of drug-likeness (QED) is 0.927. The Morgan fingerprint density at radius 3 is 2.50 bits per heavy atom. The molecule has 2 rings (SSSR count). The molecule has 0 saturated heterocycles. The lowest BCUT2D eigenvalue weighted by Gasteiger charge is -2.10. The first-order chi connectivity index (χ1) is 9.60. The molecule has 0 heterocycles. The van der Waals surface area contributed by atoms with E-state index in [0.29, 0.717) is 11.4 Å². The minimum absolute atomic E-state index is 0.241. The van der Waals surface area contributed by atoms with E-state index in [-0.39, 0.29) is 11.5 Å². The van der Waals surface area contributed by atoms with Crippen LogP contribution >= 0.6 is 11.6 Å². The van der Waals surface area contributed by atoms with Gasteiger partial charge >= 0.3 is 5.97 Å². The average molecular weight is 286 g/mol. The van der Waals surface area contributed by atoms with Crippen molar-refractivity contribution in [2.75, 3.05) is 0 Å². The molecular weight excluding hydrogens is 274 g/mol. The van der Waals surface area contributed by atoms with Gasteiger partial charge in [0.25, 0.3) is 0 Å². The molecule has 1 N–H and O–H groups in total. The Balaban J connectivity index is 2.18. The first kappa shape index (κ1) is 14.1. The van der Waals surface area contributed by atoms with E-state index in [2.05, 4.69) is 6.07 Å². The van der Waals surface area contributed by atoms with Gasteiger partial charge in [-0.05, 0) is 41.8 Å². The SMILES string of the molecule is N#CC(Cc1ccc(C(=O)O)cc1)c1cccc(Cl)c1. The summed E-state index contributed by atoms with van der Waals surface area (Å²) in [6.45, 7) is 0. The van der Waals surface area contributed by atoms with Gasteiger partial charge in [0.15, 0.2) is 0 Å². The second-order valence-corrected chi connectivity index (χ2v) is 4.88. The maximum absolute atomic E-state index is 10.8. The van der Waals surface area contributed by atoms with Crippen LogP contribution in [0.25, 0.3) is 0 Å². The highest BCUT2D eigenvalue weighted by Crippen LogP contribution is 2.23. The van der Waals surface area contributed by atoms with Crippen molar-refractivity contribution >= 4 is 17.6 Å². The van der Waals surface area contributed by atoms with E-state index in [0.717, 1.165) is 11.1 Å². The van der Waals surface area contributed by atoms with Gasteiger partial charge < -0.3 is 5.11 Å². The minimum atomic E-state index is -0.955. The van der Waals surface area contributed by atoms with E-state index in [4.69, 9.17) is 16.7 Å². The van der Waals surface area contributed by atoms with Crippen molar-refractivity contribution in [1.29, 1.82) is 5.26 Å². The molecule has 0 aliphatic rings. The predicted molar refractivity (Wildman–Crippen MR) is 76.9 cm³/mol. The van der Waals surface area contributed by atoms with Crippen LogP contribution in [0.1, 0.15) is 27.4 Å². The lowest BCUT2D eigenvalue weighted by molar-refractivity contribution is 0.0697. The second-order valence-electron chi connectivity index (χ2n) is 4.44. The molecule has 0 aromatic heterocycles. The average Bonchev–Trinajstić information content (AvgIpc) is 2.45. The van der Waals surface area contributed by atoms with Crippen LogP contribution in [0, 0.1) is 11.3 Å². The first-order valence-electron chi connectivity index (χ1n) is 6.07. The molecule has 0 aliphatic heterocycles. The fraction of sp³-hybridized carbons (Fsp3) is 0.125. The van der Waals surface area contributed by atoms with Crippen molar-refractivity contribution in [1.82, 2.24) is 0 Å². The summed E-state index contributed by atoms with van der Waals surface area (Å²) < 4.78 is 0. The van der Waals surface area contributed by atoms with Gasteiger partial charge in [0.2, 0.25) is 0 Å². The highest BCUT2D eigenvalue weighted by molar-refractivity contribution is 6.30. The largest absolute Gasteiger partial charge is 0.478 e. The van der Waals surface area contributed by atoms with Gasteiger partial charge in [-0.1, -0.05) is 35.9 Å². The van der Waals surface area contributed by atoms with Gasteiger partial charge in [-0.25, -0.2) is 4.79 Å². The molecule has 2 aromatic carbocycles. The molecule has 100 valence electrons. The van der Waals surface area contributed by atoms with Gasteiger partial charge in [0.05, 0.1) is 17.6 Å². The maximum atomic E-state index is 10.8. The Hall–Kier alpha value is -2.31. The molecule has 1 unspecified atom stereocenters. The van der Waals surface area contributed by atoms with Crippen LogP contribution < -0.4 is 0 Å². The highest BCUT2D eigenvalue weighted by atomic mass is 35.5. The molecule has 2 aromatic rings. The van der Waals surface area contributed by atoms with E-state index in [1.54, 1.807) is 36.4 Å². The number of nitrogens with zero attached hydrogens (tertiary/aromatic N) is 1. The Morgan fingerprint density at radius 2 is 1.95 bits per heavy atom. The molecule has 3 nitrogen and oxygen atoms in total. The van der Waals surface area contributed by atoms with E-state index >= 15 is 0 Å². The molecule has 0 radical (unpaired) electrons. The molecule has 20 heavy (non-hydrogen) atoms. The smallest absolute Gasteiger partial charge is 0.335 e. The summed E-state index contributed by atoms with van der Waals surface area (Å²) in [4.78, 5) is 10.8. The number of aromatic carboxylic acids is 1. The summed E-state index contributed by atoms with van der Waals surface area (Å²) in [5.41, 5.74) is 2.02. The molecule has 1 atom stereocenters. The summed E-state index contributed by atoms with van der Waals surface area (Å²) in [5, 5.41) is 18.7. The van der Waals surface area contributed by atoms with Crippen molar-refractivity contribution < 1.29 is 9.90 Å². The molecule has 0 aliphatic carbocycles. The third-order valence-electron chi connectivity index (χ3n) is 3.05. The summed E-state index contributed by atoms with van der Waals surface area (Å²) in [6.07, 6.45) is 0.525. The predicted octanol–water partition coefficient (Wildman–Crippen LogP) is 3.89. The number of hydrogen-bond acceptors (Lipinski definition) is 2. The van der Waals surface area contributed by atoms with Crippen molar-refractivity contribution in [2.24, 2.45) is 0 Å². The van der Waals surface area contributed by atoms with Crippen LogP contribution in [0.5, 0.6) is 0 Å². The standard InChI is InChI=1S/C16H12ClNO2/c17-15-3-1-2-13(9-15)14(10-18)8-11-4-6-12(7-5-11)16(19)20/h1-7,9,14H,8H2,(H,19,20). The third-order valence-corrected chi connectivity index (χ3v) is 3.28. The molecule has 0 amide bonds.